The van der Waals surface area contributed by atoms with E-state index in [1.165, 1.54) is 6.07 Å². The van der Waals surface area contributed by atoms with Crippen molar-refractivity contribution in [2.24, 2.45) is 4.99 Å². The molecule has 0 spiro atoms. The third-order valence-electron chi connectivity index (χ3n) is 4.98. The zero-order chi connectivity index (χ0) is 20.3. The number of hydrogen-bond acceptors (Lipinski definition) is 4. The van der Waals surface area contributed by atoms with Gasteiger partial charge in [0.25, 0.3) is 0 Å². The van der Waals surface area contributed by atoms with Crippen molar-refractivity contribution >= 4 is 35.6 Å². The lowest BCUT2D eigenvalue weighted by Gasteiger charge is -2.36. The molecule has 0 atom stereocenters. The van der Waals surface area contributed by atoms with Crippen molar-refractivity contribution in [1.82, 2.24) is 20.5 Å². The quantitative estimate of drug-likeness (QED) is 0.240. The van der Waals surface area contributed by atoms with E-state index >= 15 is 0 Å². The van der Waals surface area contributed by atoms with Crippen LogP contribution in [0.15, 0.2) is 53.7 Å². The van der Waals surface area contributed by atoms with E-state index in [-0.39, 0.29) is 29.8 Å². The number of hydrogen-bond donors (Lipinski definition) is 2. The van der Waals surface area contributed by atoms with Gasteiger partial charge >= 0.3 is 0 Å². The van der Waals surface area contributed by atoms with Gasteiger partial charge in [0.05, 0.1) is 17.9 Å². The van der Waals surface area contributed by atoms with Gasteiger partial charge in [0.2, 0.25) is 0 Å². The molecule has 2 heterocycles. The van der Waals surface area contributed by atoms with Crippen LogP contribution >= 0.6 is 24.0 Å². The molecule has 30 heavy (non-hydrogen) atoms. The molecule has 8 heteroatoms. The molecule has 1 aromatic heterocycles. The standard InChI is InChI=1S/C22H31FN6.HI/c1-2-24-22(27-18-19-8-5-6-11-25-19)26-12-7-13-28-14-16-29(17-15-28)21-10-4-3-9-20(21)23;/h3-6,8-11H,2,7,12-18H2,1H3,(H2,24,26,27);1H. The molecule has 1 fully saturated rings. The molecular weight excluding hydrogens is 494 g/mol. The van der Waals surface area contributed by atoms with Crippen LogP contribution in [0.3, 0.4) is 0 Å². The minimum absolute atomic E-state index is 0. The van der Waals surface area contributed by atoms with Crippen LogP contribution < -0.4 is 15.5 Å². The summed E-state index contributed by atoms with van der Waals surface area (Å²) in [4.78, 5) is 13.5. The number of anilines is 1. The van der Waals surface area contributed by atoms with Crippen molar-refractivity contribution in [2.75, 3.05) is 50.7 Å². The third kappa shape index (κ3) is 7.71. The number of aromatic nitrogens is 1. The first kappa shape index (κ1) is 24.3. The molecular formula is C22H32FIN6. The van der Waals surface area contributed by atoms with Crippen LogP contribution in [-0.2, 0) is 6.54 Å². The first-order chi connectivity index (χ1) is 14.3. The molecule has 164 valence electrons. The number of nitrogens with one attached hydrogen (secondary N) is 2. The summed E-state index contributed by atoms with van der Waals surface area (Å²) >= 11 is 0. The Morgan fingerprint density at radius 1 is 1.07 bits per heavy atom. The molecule has 0 amide bonds. The number of nitrogens with zero attached hydrogens (tertiary/aromatic N) is 4. The highest BCUT2D eigenvalue weighted by atomic mass is 127. The lowest BCUT2D eigenvalue weighted by Crippen LogP contribution is -2.47. The number of benzene rings is 1. The van der Waals surface area contributed by atoms with E-state index in [9.17, 15) is 4.39 Å². The predicted molar refractivity (Wildman–Crippen MR) is 132 cm³/mol. The summed E-state index contributed by atoms with van der Waals surface area (Å²) in [7, 11) is 0. The molecule has 6 nitrogen and oxygen atoms in total. The lowest BCUT2D eigenvalue weighted by molar-refractivity contribution is 0.254. The van der Waals surface area contributed by atoms with Crippen molar-refractivity contribution in [2.45, 2.75) is 19.9 Å². The maximum Gasteiger partial charge on any atom is 0.191 e. The average molecular weight is 526 g/mol. The summed E-state index contributed by atoms with van der Waals surface area (Å²) in [5.74, 6) is 0.689. The molecule has 1 saturated heterocycles. The van der Waals surface area contributed by atoms with Gasteiger partial charge in [0.1, 0.15) is 5.82 Å². The SMILES string of the molecule is CCNC(=NCc1ccccn1)NCCCN1CCN(c2ccccc2F)CC1.I. The van der Waals surface area contributed by atoms with Crippen LogP contribution in [0, 0.1) is 5.82 Å². The van der Waals surface area contributed by atoms with E-state index in [4.69, 9.17) is 0 Å². The summed E-state index contributed by atoms with van der Waals surface area (Å²) in [6.45, 7) is 8.99. The van der Waals surface area contributed by atoms with Crippen LogP contribution in [0.2, 0.25) is 0 Å². The molecule has 1 aromatic carbocycles. The zero-order valence-electron chi connectivity index (χ0n) is 17.6. The average Bonchev–Trinajstić information content (AvgIpc) is 2.76. The van der Waals surface area contributed by atoms with Gasteiger partial charge in [-0.25, -0.2) is 9.38 Å². The Morgan fingerprint density at radius 2 is 1.83 bits per heavy atom. The number of pyridine rings is 1. The largest absolute Gasteiger partial charge is 0.367 e. The monoisotopic (exact) mass is 526 g/mol. The minimum Gasteiger partial charge on any atom is -0.367 e. The summed E-state index contributed by atoms with van der Waals surface area (Å²) in [6, 6.07) is 12.9. The van der Waals surface area contributed by atoms with Crippen molar-refractivity contribution in [3.8, 4) is 0 Å². The van der Waals surface area contributed by atoms with E-state index in [2.05, 4.69) is 37.3 Å². The van der Waals surface area contributed by atoms with Crippen LogP contribution in [0.5, 0.6) is 0 Å². The van der Waals surface area contributed by atoms with Crippen molar-refractivity contribution in [1.29, 1.82) is 0 Å². The highest BCUT2D eigenvalue weighted by molar-refractivity contribution is 14.0. The Labute approximate surface area is 196 Å². The predicted octanol–water partition coefficient (Wildman–Crippen LogP) is 3.11. The molecule has 0 unspecified atom stereocenters. The molecule has 2 aromatic rings. The van der Waals surface area contributed by atoms with Crippen LogP contribution in [-0.4, -0.2) is 61.7 Å². The Kier molecular flexibility index (Phi) is 10.9. The van der Waals surface area contributed by atoms with Gasteiger partial charge in [-0.15, -0.1) is 24.0 Å². The first-order valence-electron chi connectivity index (χ1n) is 10.4. The Balaban J connectivity index is 0.00000320. The van der Waals surface area contributed by atoms with Gasteiger partial charge in [-0.2, -0.15) is 0 Å². The number of halogens is 2. The van der Waals surface area contributed by atoms with Gasteiger partial charge in [-0.05, 0) is 44.2 Å². The Morgan fingerprint density at radius 3 is 2.53 bits per heavy atom. The topological polar surface area (TPSA) is 55.8 Å². The molecule has 0 aliphatic carbocycles. The lowest BCUT2D eigenvalue weighted by atomic mass is 10.2. The molecule has 3 rings (SSSR count). The smallest absolute Gasteiger partial charge is 0.191 e. The zero-order valence-corrected chi connectivity index (χ0v) is 19.9. The molecule has 0 radical (unpaired) electrons. The highest BCUT2D eigenvalue weighted by Crippen LogP contribution is 2.20. The van der Waals surface area contributed by atoms with E-state index in [0.29, 0.717) is 12.2 Å². The maximum absolute atomic E-state index is 13.9. The fourth-order valence-corrected chi connectivity index (χ4v) is 3.42. The summed E-state index contributed by atoms with van der Waals surface area (Å²) < 4.78 is 13.9. The summed E-state index contributed by atoms with van der Waals surface area (Å²) in [5.41, 5.74) is 1.67. The highest BCUT2D eigenvalue weighted by Gasteiger charge is 2.18. The number of para-hydroxylation sites is 1. The Bertz CT molecular complexity index is 765. The third-order valence-corrected chi connectivity index (χ3v) is 4.98. The molecule has 0 bridgehead atoms. The number of aliphatic imine (C=N–C) groups is 1. The van der Waals surface area contributed by atoms with E-state index in [0.717, 1.165) is 63.9 Å². The first-order valence-corrected chi connectivity index (χ1v) is 10.4. The van der Waals surface area contributed by atoms with Crippen LogP contribution in [0.1, 0.15) is 19.0 Å². The van der Waals surface area contributed by atoms with Gasteiger partial charge in [0.15, 0.2) is 5.96 Å². The molecule has 1 aliphatic rings. The van der Waals surface area contributed by atoms with Crippen LogP contribution in [0.4, 0.5) is 10.1 Å². The van der Waals surface area contributed by atoms with E-state index < -0.39 is 0 Å². The molecule has 2 N–H and O–H groups in total. The molecule has 0 saturated carbocycles. The van der Waals surface area contributed by atoms with Crippen LogP contribution in [0.25, 0.3) is 0 Å². The fraction of sp³-hybridized carbons (Fsp3) is 0.455. The Hall–Kier alpha value is -1.94. The second kappa shape index (κ2) is 13.4. The van der Waals surface area contributed by atoms with Crippen molar-refractivity contribution < 1.29 is 4.39 Å². The van der Waals surface area contributed by atoms with Gasteiger partial charge in [-0.1, -0.05) is 18.2 Å². The molecule has 1 aliphatic heterocycles. The van der Waals surface area contributed by atoms with E-state index in [1.807, 2.05) is 30.3 Å². The maximum atomic E-state index is 13.9. The van der Waals surface area contributed by atoms with Gasteiger partial charge in [0, 0.05) is 45.5 Å². The number of guanidine groups is 1. The summed E-state index contributed by atoms with van der Waals surface area (Å²) in [5, 5.41) is 6.67. The number of rotatable bonds is 8. The number of piperazine rings is 1. The van der Waals surface area contributed by atoms with Gasteiger partial charge < -0.3 is 15.5 Å². The van der Waals surface area contributed by atoms with E-state index in [1.54, 1.807) is 12.3 Å². The minimum atomic E-state index is -0.133. The second-order valence-corrected chi connectivity index (χ2v) is 7.08. The normalized spacial score (nSPS) is 14.9. The van der Waals surface area contributed by atoms with Crippen molar-refractivity contribution in [3.63, 3.8) is 0 Å². The van der Waals surface area contributed by atoms with Gasteiger partial charge in [-0.3, -0.25) is 9.88 Å². The summed E-state index contributed by atoms with van der Waals surface area (Å²) in [6.07, 6.45) is 2.82. The van der Waals surface area contributed by atoms with Crippen molar-refractivity contribution in [3.05, 3.63) is 60.2 Å². The fourth-order valence-electron chi connectivity index (χ4n) is 3.42. The second-order valence-electron chi connectivity index (χ2n) is 7.08.